The number of nitrogens with one attached hydrogen (secondary N) is 1. The minimum Gasteiger partial charge on any atom is -0.388 e. The van der Waals surface area contributed by atoms with Crippen molar-refractivity contribution in [2.45, 2.75) is 31.0 Å². The second-order valence-corrected chi connectivity index (χ2v) is 7.40. The van der Waals surface area contributed by atoms with Crippen LogP contribution in [0.2, 0.25) is 0 Å². The van der Waals surface area contributed by atoms with Crippen LogP contribution in [0.1, 0.15) is 12.6 Å². The van der Waals surface area contributed by atoms with Crippen molar-refractivity contribution in [3.05, 3.63) is 16.7 Å². The number of nitrogens with zero attached hydrogens (tertiary/aromatic N) is 3. The Balaban J connectivity index is 1.74. The standard InChI is InChI=1S/C12H18N5O8P/c13-12-15-9-6(10(20)16-12)14-3-17(9)11-8(19)7(18)5(25-11)1-2-24-4-26(21,22)23/h3,5,7-8,11,18-19H,1-2,4H2,(H2,21,22,23)(H3,13,15,16,20)/t5-,7-,8-,11-/m1/s1. The normalized spacial score (nSPS) is 26.6. The van der Waals surface area contributed by atoms with E-state index in [1.54, 1.807) is 0 Å². The molecule has 4 atom stereocenters. The van der Waals surface area contributed by atoms with Gasteiger partial charge in [0.2, 0.25) is 5.95 Å². The Labute approximate surface area is 145 Å². The first-order chi connectivity index (χ1) is 12.2. The maximum Gasteiger partial charge on any atom is 0.350 e. The minimum absolute atomic E-state index is 0.00193. The number of nitrogen functional groups attached to an aromatic ring is 1. The maximum atomic E-state index is 11.8. The summed E-state index contributed by atoms with van der Waals surface area (Å²) in [5.41, 5.74) is 5.04. The third-order valence-electron chi connectivity index (χ3n) is 3.87. The number of nitrogens with two attached hydrogens (primary N) is 1. The Morgan fingerprint density at radius 2 is 2.12 bits per heavy atom. The molecule has 1 aliphatic rings. The van der Waals surface area contributed by atoms with Crippen molar-refractivity contribution in [3.8, 4) is 0 Å². The number of anilines is 1. The number of rotatable bonds is 6. The molecule has 0 aliphatic carbocycles. The third-order valence-corrected chi connectivity index (χ3v) is 4.39. The molecule has 7 N–H and O–H groups in total. The molecule has 13 nitrogen and oxygen atoms in total. The smallest absolute Gasteiger partial charge is 0.350 e. The van der Waals surface area contributed by atoms with Crippen molar-refractivity contribution in [1.29, 1.82) is 0 Å². The number of hydrogen-bond donors (Lipinski definition) is 6. The van der Waals surface area contributed by atoms with Crippen LogP contribution in [0.4, 0.5) is 5.95 Å². The zero-order chi connectivity index (χ0) is 19.1. The Bertz CT molecular complexity index is 893. The predicted octanol–water partition coefficient (Wildman–Crippen LogP) is -2.14. The van der Waals surface area contributed by atoms with Crippen LogP contribution in [-0.4, -0.2) is 70.8 Å². The summed E-state index contributed by atoms with van der Waals surface area (Å²) in [4.78, 5) is 39.4. The van der Waals surface area contributed by atoms with Gasteiger partial charge in [-0.1, -0.05) is 0 Å². The highest BCUT2D eigenvalue weighted by Gasteiger charge is 2.44. The molecule has 0 amide bonds. The molecular weight excluding hydrogens is 373 g/mol. The first kappa shape index (κ1) is 18.9. The fourth-order valence-corrected chi connectivity index (χ4v) is 3.08. The Kier molecular flexibility index (Phi) is 5.12. The number of hydrogen-bond acceptors (Lipinski definition) is 9. The first-order valence-corrected chi connectivity index (χ1v) is 9.33. The molecule has 0 saturated carbocycles. The van der Waals surface area contributed by atoms with Crippen molar-refractivity contribution < 1.29 is 34.0 Å². The molecule has 1 aliphatic heterocycles. The summed E-state index contributed by atoms with van der Waals surface area (Å²) in [5, 5.41) is 20.4. The van der Waals surface area contributed by atoms with E-state index >= 15 is 0 Å². The molecule has 1 saturated heterocycles. The zero-order valence-electron chi connectivity index (χ0n) is 13.3. The van der Waals surface area contributed by atoms with Crippen LogP contribution in [0, 0.1) is 0 Å². The van der Waals surface area contributed by atoms with E-state index in [1.165, 1.54) is 10.9 Å². The highest BCUT2D eigenvalue weighted by atomic mass is 31.2. The fourth-order valence-electron chi connectivity index (χ4n) is 2.71. The van der Waals surface area contributed by atoms with Crippen molar-refractivity contribution in [2.24, 2.45) is 0 Å². The van der Waals surface area contributed by atoms with E-state index in [0.717, 1.165) is 0 Å². The summed E-state index contributed by atoms with van der Waals surface area (Å²) in [7, 11) is -4.28. The SMILES string of the molecule is Nc1nc2c(ncn2[C@@H]2O[C@H](CCOCP(=O)(O)O)[C@@H](O)[C@H]2O)c(=O)[nH]1. The van der Waals surface area contributed by atoms with Gasteiger partial charge < -0.3 is 35.2 Å². The number of aliphatic hydroxyl groups is 2. The Morgan fingerprint density at radius 3 is 2.81 bits per heavy atom. The van der Waals surface area contributed by atoms with Gasteiger partial charge in [0, 0.05) is 0 Å². The molecule has 0 aromatic carbocycles. The summed E-state index contributed by atoms with van der Waals surface area (Å²) in [5.74, 6) is -0.139. The second-order valence-electron chi connectivity index (χ2n) is 5.81. The van der Waals surface area contributed by atoms with E-state index in [4.69, 9.17) is 25.0 Å². The summed E-state index contributed by atoms with van der Waals surface area (Å²) in [6, 6.07) is 0. The quantitative estimate of drug-likeness (QED) is 0.231. The topological polar surface area (TPSA) is 206 Å². The average molecular weight is 391 g/mol. The lowest BCUT2D eigenvalue weighted by atomic mass is 10.1. The van der Waals surface area contributed by atoms with Gasteiger partial charge in [0.1, 0.15) is 18.6 Å². The predicted molar refractivity (Wildman–Crippen MR) is 86.0 cm³/mol. The van der Waals surface area contributed by atoms with Gasteiger partial charge in [-0.15, -0.1) is 0 Å². The lowest BCUT2D eigenvalue weighted by Gasteiger charge is -2.16. The highest BCUT2D eigenvalue weighted by molar-refractivity contribution is 7.51. The van der Waals surface area contributed by atoms with Gasteiger partial charge in [0.15, 0.2) is 17.4 Å². The maximum absolute atomic E-state index is 11.8. The molecule has 14 heteroatoms. The van der Waals surface area contributed by atoms with Gasteiger partial charge in [-0.25, -0.2) is 4.98 Å². The summed E-state index contributed by atoms with van der Waals surface area (Å²) in [6.07, 6.45) is -3.99. The lowest BCUT2D eigenvalue weighted by Crippen LogP contribution is -2.32. The average Bonchev–Trinajstić information content (AvgIpc) is 3.06. The molecule has 0 spiro atoms. The van der Waals surface area contributed by atoms with E-state index in [9.17, 15) is 19.6 Å². The largest absolute Gasteiger partial charge is 0.388 e. The molecule has 3 heterocycles. The number of ether oxygens (including phenoxy) is 2. The van der Waals surface area contributed by atoms with Gasteiger partial charge in [0.25, 0.3) is 5.56 Å². The molecule has 1 fully saturated rings. The monoisotopic (exact) mass is 391 g/mol. The van der Waals surface area contributed by atoms with E-state index in [0.29, 0.717) is 0 Å². The van der Waals surface area contributed by atoms with E-state index in [-0.39, 0.29) is 30.1 Å². The number of H-pyrrole nitrogens is 1. The van der Waals surface area contributed by atoms with Crippen molar-refractivity contribution >= 4 is 24.7 Å². The Morgan fingerprint density at radius 1 is 1.38 bits per heavy atom. The number of aliphatic hydroxyl groups excluding tert-OH is 2. The molecule has 3 rings (SSSR count). The molecule has 2 aromatic heterocycles. The third kappa shape index (κ3) is 3.78. The van der Waals surface area contributed by atoms with Crippen LogP contribution in [0.25, 0.3) is 11.2 Å². The lowest BCUT2D eigenvalue weighted by molar-refractivity contribution is -0.0431. The van der Waals surface area contributed by atoms with Crippen LogP contribution in [0.3, 0.4) is 0 Å². The van der Waals surface area contributed by atoms with Gasteiger partial charge in [-0.2, -0.15) is 4.98 Å². The molecule has 144 valence electrons. The second kappa shape index (κ2) is 7.04. The number of aromatic amines is 1. The van der Waals surface area contributed by atoms with E-state index < -0.39 is 44.0 Å². The van der Waals surface area contributed by atoms with Crippen LogP contribution in [-0.2, 0) is 14.0 Å². The van der Waals surface area contributed by atoms with Crippen LogP contribution in [0.5, 0.6) is 0 Å². The van der Waals surface area contributed by atoms with Gasteiger partial charge in [-0.05, 0) is 6.42 Å². The number of fused-ring (bicyclic) bond motifs is 1. The molecule has 0 unspecified atom stereocenters. The molecule has 0 bridgehead atoms. The number of imidazole rings is 1. The number of aromatic nitrogens is 4. The summed E-state index contributed by atoms with van der Waals surface area (Å²) >= 11 is 0. The summed E-state index contributed by atoms with van der Waals surface area (Å²) in [6.45, 7) is -0.0954. The zero-order valence-corrected chi connectivity index (χ0v) is 14.2. The van der Waals surface area contributed by atoms with Gasteiger partial charge in [-0.3, -0.25) is 18.9 Å². The van der Waals surface area contributed by atoms with Gasteiger partial charge >= 0.3 is 7.60 Å². The molecule has 26 heavy (non-hydrogen) atoms. The molecular formula is C12H18N5O8P. The van der Waals surface area contributed by atoms with Crippen molar-refractivity contribution in [3.63, 3.8) is 0 Å². The van der Waals surface area contributed by atoms with Crippen molar-refractivity contribution in [1.82, 2.24) is 19.5 Å². The minimum atomic E-state index is -4.28. The highest BCUT2D eigenvalue weighted by Crippen LogP contribution is 2.35. The molecule has 2 aromatic rings. The van der Waals surface area contributed by atoms with Crippen LogP contribution in [0.15, 0.2) is 11.1 Å². The molecule has 0 radical (unpaired) electrons. The van der Waals surface area contributed by atoms with E-state index in [1.807, 2.05) is 0 Å². The Hall–Kier alpha value is -1.86. The van der Waals surface area contributed by atoms with Crippen molar-refractivity contribution in [2.75, 3.05) is 18.7 Å². The van der Waals surface area contributed by atoms with Crippen LogP contribution >= 0.6 is 7.60 Å². The van der Waals surface area contributed by atoms with Crippen LogP contribution < -0.4 is 11.3 Å². The first-order valence-electron chi connectivity index (χ1n) is 7.53. The fraction of sp³-hybridized carbons (Fsp3) is 0.583. The van der Waals surface area contributed by atoms with Gasteiger partial charge in [0.05, 0.1) is 19.0 Å². The van der Waals surface area contributed by atoms with E-state index in [2.05, 4.69) is 15.0 Å². The summed E-state index contributed by atoms with van der Waals surface area (Å²) < 4.78 is 22.5.